The monoisotopic (exact) mass is 437 g/mol. The summed E-state index contributed by atoms with van der Waals surface area (Å²) in [5, 5.41) is 0. The summed E-state index contributed by atoms with van der Waals surface area (Å²) < 4.78 is 32.9. The number of aromatic nitrogens is 2. The molecule has 0 aliphatic carbocycles. The van der Waals surface area contributed by atoms with Gasteiger partial charge in [0.15, 0.2) is 0 Å². The molecule has 4 rings (SSSR count). The molecule has 166 valence electrons. The molecule has 4 heterocycles. The minimum Gasteiger partial charge on any atom is -0.377 e. The molecule has 1 N–H and O–H groups in total. The van der Waals surface area contributed by atoms with Crippen LogP contribution in [0.2, 0.25) is 0 Å². The Labute approximate surface area is 177 Å². The molecule has 0 radical (unpaired) electrons. The van der Waals surface area contributed by atoms with E-state index in [0.29, 0.717) is 25.1 Å². The van der Waals surface area contributed by atoms with E-state index >= 15 is 0 Å². The van der Waals surface area contributed by atoms with E-state index < -0.39 is 10.2 Å². The van der Waals surface area contributed by atoms with Gasteiger partial charge < -0.3 is 9.72 Å². The van der Waals surface area contributed by atoms with Crippen LogP contribution in [0.1, 0.15) is 42.3 Å². The molecular weight excluding hydrogens is 406 g/mol. The van der Waals surface area contributed by atoms with Gasteiger partial charge in [-0.25, -0.2) is 4.98 Å². The Morgan fingerprint density at radius 2 is 2.17 bits per heavy atom. The number of hydrogen-bond donors (Lipinski definition) is 1. The van der Waals surface area contributed by atoms with Crippen LogP contribution in [0.3, 0.4) is 0 Å². The van der Waals surface area contributed by atoms with E-state index in [1.165, 1.54) is 28.3 Å². The smallest absolute Gasteiger partial charge is 0.281 e. The third-order valence-electron chi connectivity index (χ3n) is 6.14. The van der Waals surface area contributed by atoms with E-state index in [9.17, 15) is 13.2 Å². The molecule has 0 spiro atoms. The number of rotatable bonds is 5. The maximum atomic E-state index is 12.8. The maximum absolute atomic E-state index is 12.8. The van der Waals surface area contributed by atoms with Crippen LogP contribution in [0.15, 0.2) is 16.4 Å². The first-order valence-electron chi connectivity index (χ1n) is 10.6. The summed E-state index contributed by atoms with van der Waals surface area (Å²) in [5.41, 5.74) is 2.32. The number of aromatic amines is 1. The molecule has 1 aromatic rings. The molecule has 10 heteroatoms. The fourth-order valence-corrected chi connectivity index (χ4v) is 5.55. The molecule has 1 saturated heterocycles. The van der Waals surface area contributed by atoms with E-state index in [1.54, 1.807) is 0 Å². The van der Waals surface area contributed by atoms with Crippen molar-refractivity contribution in [1.29, 1.82) is 0 Å². The van der Waals surface area contributed by atoms with Gasteiger partial charge in [-0.1, -0.05) is 6.08 Å². The zero-order valence-electron chi connectivity index (χ0n) is 17.8. The lowest BCUT2D eigenvalue weighted by Gasteiger charge is -2.34. The van der Waals surface area contributed by atoms with Crippen LogP contribution in [0.4, 0.5) is 0 Å². The molecular formula is C20H31N5O4S. The summed E-state index contributed by atoms with van der Waals surface area (Å²) in [5.74, 6) is 0.923. The van der Waals surface area contributed by atoms with Gasteiger partial charge in [0.25, 0.3) is 15.8 Å². The van der Waals surface area contributed by atoms with Crippen molar-refractivity contribution < 1.29 is 13.2 Å². The molecule has 3 aliphatic heterocycles. The Morgan fingerprint density at radius 1 is 1.33 bits per heavy atom. The lowest BCUT2D eigenvalue weighted by atomic mass is 9.96. The van der Waals surface area contributed by atoms with E-state index in [1.807, 2.05) is 0 Å². The molecule has 9 nitrogen and oxygen atoms in total. The molecule has 1 aromatic heterocycles. The van der Waals surface area contributed by atoms with Crippen LogP contribution in [-0.4, -0.2) is 85.4 Å². The second kappa shape index (κ2) is 8.88. The minimum atomic E-state index is -3.55. The second-order valence-electron chi connectivity index (χ2n) is 8.53. The third-order valence-corrected chi connectivity index (χ3v) is 8.03. The molecule has 30 heavy (non-hydrogen) atoms. The van der Waals surface area contributed by atoms with E-state index in [-0.39, 0.29) is 18.0 Å². The van der Waals surface area contributed by atoms with Crippen molar-refractivity contribution in [2.75, 3.05) is 53.5 Å². The van der Waals surface area contributed by atoms with Gasteiger partial charge in [0.2, 0.25) is 0 Å². The predicted octanol–water partition coefficient (Wildman–Crippen LogP) is 0.461. The summed E-state index contributed by atoms with van der Waals surface area (Å²) in [4.78, 5) is 23.0. The molecule has 1 fully saturated rings. The molecule has 0 unspecified atom stereocenters. The SMILES string of the molecule is CN(C)S(=O)(=O)N1CCc2nc([C@@H]3CCCN(CC4=CCCOC4)C3)[nH]c(=O)c2C1. The summed E-state index contributed by atoms with van der Waals surface area (Å²) in [6.45, 7) is 4.74. The van der Waals surface area contributed by atoms with Crippen LogP contribution in [0, 0.1) is 0 Å². The molecule has 0 bridgehead atoms. The Hall–Kier alpha value is -1.59. The normalized spacial score (nSPS) is 24.0. The first-order chi connectivity index (χ1) is 14.3. The van der Waals surface area contributed by atoms with Crippen molar-refractivity contribution in [3.05, 3.63) is 39.1 Å². The number of piperidine rings is 1. The summed E-state index contributed by atoms with van der Waals surface area (Å²) in [7, 11) is -0.546. The van der Waals surface area contributed by atoms with Gasteiger partial charge >= 0.3 is 0 Å². The Morgan fingerprint density at radius 3 is 2.90 bits per heavy atom. The average molecular weight is 438 g/mol. The molecule has 0 saturated carbocycles. The van der Waals surface area contributed by atoms with Crippen molar-refractivity contribution in [3.8, 4) is 0 Å². The number of likely N-dealkylation sites (tertiary alicyclic amines) is 1. The number of nitrogens with one attached hydrogen (secondary N) is 1. The van der Waals surface area contributed by atoms with E-state index in [2.05, 4.69) is 16.0 Å². The standard InChI is InChI=1S/C20H31N5O4S/c1-23(2)30(27,28)25-9-7-18-17(13-25)20(26)22-19(21-18)16-6-3-8-24(12-16)11-15-5-4-10-29-14-15/h5,16H,3-4,6-14H2,1-2H3,(H,21,22,26)/t16-/m1/s1. The van der Waals surface area contributed by atoms with Gasteiger partial charge in [-0.2, -0.15) is 17.0 Å². The van der Waals surface area contributed by atoms with Crippen molar-refractivity contribution in [2.45, 2.75) is 38.1 Å². The minimum absolute atomic E-state index is 0.0728. The van der Waals surface area contributed by atoms with Gasteiger partial charge in [-0.15, -0.1) is 0 Å². The van der Waals surface area contributed by atoms with Crippen LogP contribution in [-0.2, 0) is 27.9 Å². The Balaban J connectivity index is 1.49. The first kappa shape index (κ1) is 21.6. The molecule has 0 amide bonds. The van der Waals surface area contributed by atoms with Gasteiger partial charge in [0, 0.05) is 52.6 Å². The highest BCUT2D eigenvalue weighted by Crippen LogP contribution is 2.26. The molecule has 0 aromatic carbocycles. The van der Waals surface area contributed by atoms with Crippen LogP contribution >= 0.6 is 0 Å². The molecule has 1 atom stereocenters. The predicted molar refractivity (Wildman–Crippen MR) is 114 cm³/mol. The largest absolute Gasteiger partial charge is 0.377 e. The van der Waals surface area contributed by atoms with Crippen LogP contribution < -0.4 is 5.56 Å². The molecule has 3 aliphatic rings. The van der Waals surface area contributed by atoms with E-state index in [0.717, 1.165) is 57.0 Å². The fraction of sp³-hybridized carbons (Fsp3) is 0.700. The quantitative estimate of drug-likeness (QED) is 0.672. The lowest BCUT2D eigenvalue weighted by Crippen LogP contribution is -2.45. The fourth-order valence-electron chi connectivity index (χ4n) is 4.47. The van der Waals surface area contributed by atoms with Crippen LogP contribution in [0.25, 0.3) is 0 Å². The topological polar surface area (TPSA) is 98.8 Å². The summed E-state index contributed by atoms with van der Waals surface area (Å²) in [6.07, 6.45) is 5.77. The lowest BCUT2D eigenvalue weighted by molar-refractivity contribution is 0.137. The van der Waals surface area contributed by atoms with Gasteiger partial charge in [0.05, 0.1) is 24.5 Å². The first-order valence-corrected chi connectivity index (χ1v) is 12.0. The van der Waals surface area contributed by atoms with E-state index in [4.69, 9.17) is 9.72 Å². The van der Waals surface area contributed by atoms with Gasteiger partial charge in [-0.05, 0) is 31.4 Å². The highest BCUT2D eigenvalue weighted by Gasteiger charge is 2.32. The third kappa shape index (κ3) is 4.52. The van der Waals surface area contributed by atoms with Gasteiger partial charge in [0.1, 0.15) is 5.82 Å². The zero-order chi connectivity index (χ0) is 21.3. The number of hydrogen-bond acceptors (Lipinski definition) is 6. The maximum Gasteiger partial charge on any atom is 0.281 e. The zero-order valence-corrected chi connectivity index (χ0v) is 18.6. The van der Waals surface area contributed by atoms with Crippen LogP contribution in [0.5, 0.6) is 0 Å². The number of ether oxygens (including phenoxy) is 1. The second-order valence-corrected chi connectivity index (χ2v) is 10.7. The Kier molecular flexibility index (Phi) is 6.40. The van der Waals surface area contributed by atoms with Crippen molar-refractivity contribution in [2.24, 2.45) is 0 Å². The van der Waals surface area contributed by atoms with Gasteiger partial charge in [-0.3, -0.25) is 9.69 Å². The van der Waals surface area contributed by atoms with Crippen molar-refractivity contribution in [1.82, 2.24) is 23.5 Å². The summed E-state index contributed by atoms with van der Waals surface area (Å²) in [6, 6.07) is 0. The highest BCUT2D eigenvalue weighted by atomic mass is 32.2. The Bertz CT molecular complexity index is 972. The number of nitrogens with zero attached hydrogens (tertiary/aromatic N) is 4. The van der Waals surface area contributed by atoms with Crippen molar-refractivity contribution >= 4 is 10.2 Å². The number of H-pyrrole nitrogens is 1. The average Bonchev–Trinajstić information content (AvgIpc) is 2.74. The number of fused-ring (bicyclic) bond motifs is 1. The summed E-state index contributed by atoms with van der Waals surface area (Å²) >= 11 is 0. The van der Waals surface area contributed by atoms with Crippen molar-refractivity contribution in [3.63, 3.8) is 0 Å². The highest BCUT2D eigenvalue weighted by molar-refractivity contribution is 7.86.